The van der Waals surface area contributed by atoms with Crippen LogP contribution in [-0.4, -0.2) is 21.9 Å². The Balaban J connectivity index is 1.83. The molecule has 0 fully saturated rings. The molecule has 0 aliphatic heterocycles. The van der Waals surface area contributed by atoms with Gasteiger partial charge in [-0.3, -0.25) is 4.79 Å². The summed E-state index contributed by atoms with van der Waals surface area (Å²) < 4.78 is 16.3. The fraction of sp³-hybridized carbons (Fsp3) is 0.261. The first-order valence-corrected chi connectivity index (χ1v) is 9.26. The van der Waals surface area contributed by atoms with E-state index in [1.165, 1.54) is 11.6 Å². The maximum Gasteiger partial charge on any atom is 0.257 e. The van der Waals surface area contributed by atoms with Crippen molar-refractivity contribution in [2.75, 3.05) is 6.54 Å². The summed E-state index contributed by atoms with van der Waals surface area (Å²) in [6.07, 6.45) is 2.02. The Morgan fingerprint density at radius 2 is 1.70 bits per heavy atom. The molecule has 4 heteroatoms. The van der Waals surface area contributed by atoms with Gasteiger partial charge in [-0.15, -0.1) is 0 Å². The topological polar surface area (TPSA) is 25.2 Å². The molecule has 1 amide bonds. The Morgan fingerprint density at radius 1 is 1.00 bits per heavy atom. The molecule has 0 aliphatic carbocycles. The average Bonchev–Trinajstić information content (AvgIpc) is 3.08. The van der Waals surface area contributed by atoms with Gasteiger partial charge in [-0.05, 0) is 35.7 Å². The standard InChI is InChI=1S/C23H25FN2O/c1-18(2)15-26(23(27)21-12-6-7-13-22(21)24)17-20-11-8-14-25(20)16-19-9-4-3-5-10-19/h3-14,18H,15-17H2,1-2H3. The van der Waals surface area contributed by atoms with Gasteiger partial charge in [0.15, 0.2) is 0 Å². The number of nitrogens with zero attached hydrogens (tertiary/aromatic N) is 2. The minimum Gasteiger partial charge on any atom is -0.345 e. The van der Waals surface area contributed by atoms with Crippen molar-refractivity contribution >= 4 is 5.91 Å². The summed E-state index contributed by atoms with van der Waals surface area (Å²) in [7, 11) is 0. The lowest BCUT2D eigenvalue weighted by Crippen LogP contribution is -2.35. The SMILES string of the molecule is CC(C)CN(Cc1cccn1Cc1ccccc1)C(=O)c1ccccc1F. The quantitative estimate of drug-likeness (QED) is 0.581. The normalized spacial score (nSPS) is 11.0. The van der Waals surface area contributed by atoms with Crippen molar-refractivity contribution in [3.8, 4) is 0 Å². The van der Waals surface area contributed by atoms with E-state index in [1.807, 2.05) is 36.5 Å². The molecule has 0 N–H and O–H groups in total. The minimum absolute atomic E-state index is 0.124. The van der Waals surface area contributed by atoms with Crippen LogP contribution in [0.25, 0.3) is 0 Å². The first-order chi connectivity index (χ1) is 13.0. The van der Waals surface area contributed by atoms with E-state index in [0.29, 0.717) is 19.0 Å². The number of halogens is 1. The predicted octanol–water partition coefficient (Wildman–Crippen LogP) is 4.97. The van der Waals surface area contributed by atoms with Crippen LogP contribution in [0.5, 0.6) is 0 Å². The summed E-state index contributed by atoms with van der Waals surface area (Å²) in [6.45, 7) is 5.89. The van der Waals surface area contributed by atoms with Gasteiger partial charge in [-0.25, -0.2) is 4.39 Å². The van der Waals surface area contributed by atoms with Gasteiger partial charge in [-0.2, -0.15) is 0 Å². The molecule has 0 radical (unpaired) electrons. The Hall–Kier alpha value is -2.88. The van der Waals surface area contributed by atoms with Crippen LogP contribution in [0.2, 0.25) is 0 Å². The zero-order valence-corrected chi connectivity index (χ0v) is 15.8. The van der Waals surface area contributed by atoms with E-state index in [-0.39, 0.29) is 11.5 Å². The summed E-state index contributed by atoms with van der Waals surface area (Å²) >= 11 is 0. The van der Waals surface area contributed by atoms with Crippen LogP contribution in [0.15, 0.2) is 72.9 Å². The van der Waals surface area contributed by atoms with E-state index >= 15 is 0 Å². The Morgan fingerprint density at radius 3 is 2.41 bits per heavy atom. The lowest BCUT2D eigenvalue weighted by molar-refractivity contribution is 0.0714. The highest BCUT2D eigenvalue weighted by atomic mass is 19.1. The van der Waals surface area contributed by atoms with Gasteiger partial charge in [0.1, 0.15) is 5.82 Å². The number of amides is 1. The second-order valence-electron chi connectivity index (χ2n) is 7.17. The van der Waals surface area contributed by atoms with Crippen LogP contribution < -0.4 is 0 Å². The van der Waals surface area contributed by atoms with Gasteiger partial charge >= 0.3 is 0 Å². The number of carbonyl (C=O) groups excluding carboxylic acids is 1. The van der Waals surface area contributed by atoms with Crippen LogP contribution in [0.3, 0.4) is 0 Å². The second-order valence-corrected chi connectivity index (χ2v) is 7.17. The van der Waals surface area contributed by atoms with E-state index in [9.17, 15) is 9.18 Å². The zero-order valence-electron chi connectivity index (χ0n) is 15.8. The van der Waals surface area contributed by atoms with Crippen molar-refractivity contribution in [2.24, 2.45) is 5.92 Å². The Kier molecular flexibility index (Phi) is 6.07. The largest absolute Gasteiger partial charge is 0.345 e. The molecule has 3 aromatic rings. The number of carbonyl (C=O) groups is 1. The Bertz CT molecular complexity index is 886. The molecule has 0 aliphatic rings. The maximum atomic E-state index is 14.1. The molecule has 1 heterocycles. The third-order valence-electron chi connectivity index (χ3n) is 4.45. The minimum atomic E-state index is -0.476. The number of hydrogen-bond donors (Lipinski definition) is 0. The third kappa shape index (κ3) is 4.85. The van der Waals surface area contributed by atoms with Crippen LogP contribution in [0.4, 0.5) is 4.39 Å². The lowest BCUT2D eigenvalue weighted by atomic mass is 10.1. The van der Waals surface area contributed by atoms with E-state index in [0.717, 1.165) is 12.2 Å². The molecular formula is C23H25FN2O. The molecule has 0 saturated heterocycles. The summed E-state index contributed by atoms with van der Waals surface area (Å²) in [4.78, 5) is 14.7. The third-order valence-corrected chi connectivity index (χ3v) is 4.45. The molecule has 27 heavy (non-hydrogen) atoms. The number of aromatic nitrogens is 1. The van der Waals surface area contributed by atoms with E-state index in [1.54, 1.807) is 23.1 Å². The molecule has 1 aromatic heterocycles. The average molecular weight is 364 g/mol. The van der Waals surface area contributed by atoms with Crippen LogP contribution in [0, 0.1) is 11.7 Å². The van der Waals surface area contributed by atoms with Gasteiger partial charge in [0, 0.05) is 25.0 Å². The van der Waals surface area contributed by atoms with Gasteiger partial charge < -0.3 is 9.47 Å². The molecule has 3 rings (SSSR count). The fourth-order valence-electron chi connectivity index (χ4n) is 3.19. The molecule has 0 unspecified atom stereocenters. The summed E-state index contributed by atoms with van der Waals surface area (Å²) in [5, 5.41) is 0. The van der Waals surface area contributed by atoms with E-state index in [2.05, 4.69) is 30.5 Å². The zero-order chi connectivity index (χ0) is 19.2. The number of rotatable bonds is 7. The highest BCUT2D eigenvalue weighted by Gasteiger charge is 2.21. The molecule has 140 valence electrons. The summed E-state index contributed by atoms with van der Waals surface area (Å²) in [6, 6.07) is 20.4. The smallest absolute Gasteiger partial charge is 0.257 e. The summed E-state index contributed by atoms with van der Waals surface area (Å²) in [5.74, 6) is -0.455. The van der Waals surface area contributed by atoms with Gasteiger partial charge in [0.25, 0.3) is 5.91 Å². The maximum absolute atomic E-state index is 14.1. The van der Waals surface area contributed by atoms with Crippen molar-refractivity contribution in [2.45, 2.75) is 26.9 Å². The van der Waals surface area contributed by atoms with Crippen molar-refractivity contribution in [3.63, 3.8) is 0 Å². The van der Waals surface area contributed by atoms with Gasteiger partial charge in [-0.1, -0.05) is 56.3 Å². The van der Waals surface area contributed by atoms with Crippen LogP contribution in [-0.2, 0) is 13.1 Å². The van der Waals surface area contributed by atoms with Gasteiger partial charge in [0.05, 0.1) is 12.1 Å². The van der Waals surface area contributed by atoms with Crippen LogP contribution in [0.1, 0.15) is 35.5 Å². The Labute approximate surface area is 160 Å². The first kappa shape index (κ1) is 18.9. The molecule has 0 bridgehead atoms. The fourth-order valence-corrected chi connectivity index (χ4v) is 3.19. The monoisotopic (exact) mass is 364 g/mol. The van der Waals surface area contributed by atoms with E-state index in [4.69, 9.17) is 0 Å². The van der Waals surface area contributed by atoms with Crippen molar-refractivity contribution < 1.29 is 9.18 Å². The van der Waals surface area contributed by atoms with Gasteiger partial charge in [0.2, 0.25) is 0 Å². The molecule has 0 saturated carbocycles. The second kappa shape index (κ2) is 8.67. The number of hydrogen-bond acceptors (Lipinski definition) is 1. The molecule has 3 nitrogen and oxygen atoms in total. The highest BCUT2D eigenvalue weighted by Crippen LogP contribution is 2.16. The molecule has 0 spiro atoms. The predicted molar refractivity (Wildman–Crippen MR) is 106 cm³/mol. The highest BCUT2D eigenvalue weighted by molar-refractivity contribution is 5.94. The van der Waals surface area contributed by atoms with E-state index < -0.39 is 5.82 Å². The first-order valence-electron chi connectivity index (χ1n) is 9.26. The van der Waals surface area contributed by atoms with Crippen molar-refractivity contribution in [3.05, 3.63) is 95.6 Å². The van der Waals surface area contributed by atoms with Crippen molar-refractivity contribution in [1.82, 2.24) is 9.47 Å². The summed E-state index contributed by atoms with van der Waals surface area (Å²) in [5.41, 5.74) is 2.36. The lowest BCUT2D eigenvalue weighted by Gasteiger charge is -2.25. The van der Waals surface area contributed by atoms with Crippen molar-refractivity contribution in [1.29, 1.82) is 0 Å². The molecule has 0 atom stereocenters. The van der Waals surface area contributed by atoms with Crippen LogP contribution >= 0.6 is 0 Å². The molecular weight excluding hydrogens is 339 g/mol. The molecule has 2 aromatic carbocycles. The number of benzene rings is 2.